The molecular formula is C13H11FN2O2. The Bertz CT molecular complexity index is 582. The van der Waals surface area contributed by atoms with E-state index in [1.165, 1.54) is 30.6 Å². The first-order chi connectivity index (χ1) is 8.56. The molecule has 0 radical (unpaired) electrons. The Morgan fingerprint density at radius 2 is 1.94 bits per heavy atom. The van der Waals surface area contributed by atoms with Crippen molar-refractivity contribution in [2.45, 2.75) is 6.92 Å². The van der Waals surface area contributed by atoms with Crippen molar-refractivity contribution in [2.24, 2.45) is 0 Å². The van der Waals surface area contributed by atoms with Gasteiger partial charge in [0.1, 0.15) is 5.82 Å². The fraction of sp³-hybridized carbons (Fsp3) is 0.0769. The van der Waals surface area contributed by atoms with Crippen LogP contribution in [0.5, 0.6) is 0 Å². The number of rotatable bonds is 2. The molecule has 18 heavy (non-hydrogen) atoms. The predicted molar refractivity (Wildman–Crippen MR) is 64.5 cm³/mol. The summed E-state index contributed by atoms with van der Waals surface area (Å²) in [5.74, 6) is -0.767. The molecule has 1 aromatic heterocycles. The third kappa shape index (κ3) is 2.63. The van der Waals surface area contributed by atoms with Gasteiger partial charge in [0.25, 0.3) is 5.91 Å². The lowest BCUT2D eigenvalue weighted by molar-refractivity contribution is -0.605. The average Bonchev–Trinajstić information content (AvgIpc) is 2.34. The van der Waals surface area contributed by atoms with E-state index in [9.17, 15) is 14.4 Å². The van der Waals surface area contributed by atoms with Gasteiger partial charge in [-0.05, 0) is 24.6 Å². The lowest BCUT2D eigenvalue weighted by Gasteiger charge is -2.06. The maximum absolute atomic E-state index is 13.3. The second-order valence-electron chi connectivity index (χ2n) is 3.86. The van der Waals surface area contributed by atoms with Crippen LogP contribution in [0, 0.1) is 17.9 Å². The zero-order chi connectivity index (χ0) is 13.1. The standard InChI is InChI=1S/C13H11FN2O2/c1-9-2-3-11(8-12(9)14)15-13(17)10-4-6-16(18)7-5-10/h2-8H,1H3,(H,15,17). The Kier molecular flexibility index (Phi) is 3.23. The van der Waals surface area contributed by atoms with Gasteiger partial charge in [0, 0.05) is 17.8 Å². The molecule has 2 aromatic rings. The number of anilines is 1. The molecule has 2 rings (SSSR count). The number of aromatic nitrogens is 1. The zero-order valence-corrected chi connectivity index (χ0v) is 9.68. The van der Waals surface area contributed by atoms with Crippen molar-refractivity contribution in [3.05, 3.63) is 64.9 Å². The Morgan fingerprint density at radius 1 is 1.28 bits per heavy atom. The summed E-state index contributed by atoms with van der Waals surface area (Å²) in [6.45, 7) is 1.64. The lowest BCUT2D eigenvalue weighted by atomic mass is 10.2. The van der Waals surface area contributed by atoms with E-state index in [0.29, 0.717) is 21.5 Å². The highest BCUT2D eigenvalue weighted by molar-refractivity contribution is 6.04. The highest BCUT2D eigenvalue weighted by Crippen LogP contribution is 2.14. The molecule has 1 amide bonds. The largest absolute Gasteiger partial charge is 0.619 e. The van der Waals surface area contributed by atoms with Gasteiger partial charge in [0.05, 0.1) is 5.56 Å². The lowest BCUT2D eigenvalue weighted by Crippen LogP contribution is -2.25. The van der Waals surface area contributed by atoms with Gasteiger partial charge in [-0.15, -0.1) is 0 Å². The van der Waals surface area contributed by atoms with Crippen molar-refractivity contribution < 1.29 is 13.9 Å². The van der Waals surface area contributed by atoms with Crippen LogP contribution in [-0.2, 0) is 0 Å². The number of hydrogen-bond donors (Lipinski definition) is 1. The van der Waals surface area contributed by atoms with Gasteiger partial charge < -0.3 is 10.5 Å². The predicted octanol–water partition coefficient (Wildman–Crippen LogP) is 2.02. The number of nitrogens with zero attached hydrogens (tertiary/aromatic N) is 1. The minimum Gasteiger partial charge on any atom is -0.619 e. The zero-order valence-electron chi connectivity index (χ0n) is 9.68. The van der Waals surface area contributed by atoms with Crippen LogP contribution in [0.25, 0.3) is 0 Å². The normalized spacial score (nSPS) is 10.1. The minimum atomic E-state index is -0.390. The number of aryl methyl sites for hydroxylation is 1. The summed E-state index contributed by atoms with van der Waals surface area (Å²) in [5, 5.41) is 13.4. The van der Waals surface area contributed by atoms with Crippen LogP contribution in [0.1, 0.15) is 15.9 Å². The number of benzene rings is 1. The molecule has 0 saturated carbocycles. The summed E-state index contributed by atoms with van der Waals surface area (Å²) in [5.41, 5.74) is 1.23. The van der Waals surface area contributed by atoms with Crippen molar-refractivity contribution in [3.63, 3.8) is 0 Å². The molecule has 0 saturated heterocycles. The van der Waals surface area contributed by atoms with Gasteiger partial charge >= 0.3 is 0 Å². The summed E-state index contributed by atoms with van der Waals surface area (Å²) in [6.07, 6.45) is 2.45. The van der Waals surface area contributed by atoms with Crippen molar-refractivity contribution in [2.75, 3.05) is 5.32 Å². The smallest absolute Gasteiger partial charge is 0.256 e. The Labute approximate surface area is 103 Å². The highest BCUT2D eigenvalue weighted by atomic mass is 19.1. The Hall–Kier alpha value is -2.43. The maximum atomic E-state index is 13.3. The van der Waals surface area contributed by atoms with Crippen LogP contribution < -0.4 is 10.0 Å². The molecule has 0 aliphatic carbocycles. The molecule has 4 nitrogen and oxygen atoms in total. The van der Waals surface area contributed by atoms with Gasteiger partial charge in [-0.2, -0.15) is 4.73 Å². The van der Waals surface area contributed by atoms with Crippen molar-refractivity contribution in [3.8, 4) is 0 Å². The van der Waals surface area contributed by atoms with Gasteiger partial charge in [-0.3, -0.25) is 4.79 Å². The molecule has 0 atom stereocenters. The third-order valence-corrected chi connectivity index (χ3v) is 2.49. The van der Waals surface area contributed by atoms with E-state index in [4.69, 9.17) is 0 Å². The number of carbonyl (C=O) groups excluding carboxylic acids is 1. The molecule has 92 valence electrons. The summed E-state index contributed by atoms with van der Waals surface area (Å²) in [4.78, 5) is 11.8. The molecule has 1 aromatic carbocycles. The molecule has 0 aliphatic rings. The molecular weight excluding hydrogens is 235 g/mol. The van der Waals surface area contributed by atoms with E-state index in [2.05, 4.69) is 5.32 Å². The second-order valence-corrected chi connectivity index (χ2v) is 3.86. The fourth-order valence-electron chi connectivity index (χ4n) is 1.44. The summed E-state index contributed by atoms with van der Waals surface area (Å²) < 4.78 is 13.9. The Morgan fingerprint density at radius 3 is 2.56 bits per heavy atom. The number of pyridine rings is 1. The van der Waals surface area contributed by atoms with Crippen LogP contribution in [0.3, 0.4) is 0 Å². The van der Waals surface area contributed by atoms with Crippen molar-refractivity contribution >= 4 is 11.6 Å². The van der Waals surface area contributed by atoms with E-state index >= 15 is 0 Å². The van der Waals surface area contributed by atoms with Crippen LogP contribution in [-0.4, -0.2) is 5.91 Å². The molecule has 1 N–H and O–H groups in total. The summed E-state index contributed by atoms with van der Waals surface area (Å²) in [7, 11) is 0. The molecule has 1 heterocycles. The first kappa shape index (κ1) is 12.0. The first-order valence-corrected chi connectivity index (χ1v) is 5.32. The monoisotopic (exact) mass is 246 g/mol. The van der Waals surface area contributed by atoms with Crippen LogP contribution >= 0.6 is 0 Å². The van der Waals surface area contributed by atoms with Gasteiger partial charge in [-0.25, -0.2) is 4.39 Å². The molecule has 0 unspecified atom stereocenters. The summed E-state index contributed by atoms with van der Waals surface area (Å²) >= 11 is 0. The van der Waals surface area contributed by atoms with Gasteiger partial charge in [0.15, 0.2) is 12.4 Å². The highest BCUT2D eigenvalue weighted by Gasteiger charge is 2.08. The second kappa shape index (κ2) is 4.83. The number of hydrogen-bond acceptors (Lipinski definition) is 2. The van der Waals surface area contributed by atoms with E-state index in [-0.39, 0.29) is 11.7 Å². The molecule has 5 heteroatoms. The maximum Gasteiger partial charge on any atom is 0.256 e. The van der Waals surface area contributed by atoms with E-state index in [0.717, 1.165) is 0 Å². The SMILES string of the molecule is Cc1ccc(NC(=O)c2cc[n+]([O-])cc2)cc1F. The first-order valence-electron chi connectivity index (χ1n) is 5.32. The number of amides is 1. The van der Waals surface area contributed by atoms with E-state index < -0.39 is 0 Å². The molecule has 0 spiro atoms. The topological polar surface area (TPSA) is 56.0 Å². The average molecular weight is 246 g/mol. The van der Waals surface area contributed by atoms with E-state index in [1.807, 2.05) is 0 Å². The van der Waals surface area contributed by atoms with Crippen molar-refractivity contribution in [1.29, 1.82) is 0 Å². The molecule has 0 fully saturated rings. The Balaban J connectivity index is 2.16. The van der Waals surface area contributed by atoms with Crippen molar-refractivity contribution in [1.82, 2.24) is 0 Å². The minimum absolute atomic E-state index is 0.336. The number of nitrogens with one attached hydrogen (secondary N) is 1. The molecule has 0 bridgehead atoms. The number of carbonyl (C=O) groups is 1. The summed E-state index contributed by atoms with van der Waals surface area (Å²) in [6, 6.07) is 7.25. The van der Waals surface area contributed by atoms with E-state index in [1.54, 1.807) is 19.1 Å². The molecule has 0 aliphatic heterocycles. The van der Waals surface area contributed by atoms with Gasteiger partial charge in [-0.1, -0.05) is 6.07 Å². The number of halogens is 1. The quantitative estimate of drug-likeness (QED) is 0.651. The fourth-order valence-corrected chi connectivity index (χ4v) is 1.44. The third-order valence-electron chi connectivity index (χ3n) is 2.49. The van der Waals surface area contributed by atoms with Crippen LogP contribution in [0.15, 0.2) is 42.7 Å². The van der Waals surface area contributed by atoms with Crippen LogP contribution in [0.4, 0.5) is 10.1 Å². The van der Waals surface area contributed by atoms with Crippen LogP contribution in [0.2, 0.25) is 0 Å². The van der Waals surface area contributed by atoms with Gasteiger partial charge in [0.2, 0.25) is 0 Å².